The lowest BCUT2D eigenvalue weighted by molar-refractivity contribution is -0.137. The summed E-state index contributed by atoms with van der Waals surface area (Å²) in [6.45, 7) is 0. The standard InChI is InChI=1S/C18H14ClF3N2O3/c1-26-12-5-2-10(3-6-12)14-9-16(27-24-14)17(25)23-15-8-11(18(20,21)22)4-7-13(15)19/h2-8,16H,9H2,1H3,(H,23,25)/t16-/m0/s1. The molecule has 142 valence electrons. The van der Waals surface area contributed by atoms with Crippen LogP contribution in [-0.2, 0) is 15.8 Å². The number of alkyl halides is 3. The monoisotopic (exact) mass is 398 g/mol. The van der Waals surface area contributed by atoms with E-state index in [1.807, 2.05) is 0 Å². The van der Waals surface area contributed by atoms with Gasteiger partial charge in [-0.15, -0.1) is 0 Å². The minimum atomic E-state index is -4.54. The molecule has 0 radical (unpaired) electrons. The molecule has 27 heavy (non-hydrogen) atoms. The Labute approximate surface area is 157 Å². The zero-order chi connectivity index (χ0) is 19.6. The van der Waals surface area contributed by atoms with Crippen LogP contribution >= 0.6 is 11.6 Å². The average Bonchev–Trinajstić information content (AvgIpc) is 3.13. The molecule has 3 rings (SSSR count). The highest BCUT2D eigenvalue weighted by Crippen LogP contribution is 2.34. The van der Waals surface area contributed by atoms with Crippen LogP contribution in [0.2, 0.25) is 5.02 Å². The smallest absolute Gasteiger partial charge is 0.416 e. The summed E-state index contributed by atoms with van der Waals surface area (Å²) in [5, 5.41) is 6.24. The Morgan fingerprint density at radius 3 is 2.59 bits per heavy atom. The Hall–Kier alpha value is -2.74. The summed E-state index contributed by atoms with van der Waals surface area (Å²) in [7, 11) is 1.55. The number of carbonyl (C=O) groups excluding carboxylic acids is 1. The number of rotatable bonds is 4. The van der Waals surface area contributed by atoms with Crippen LogP contribution in [0.15, 0.2) is 47.6 Å². The van der Waals surface area contributed by atoms with Crippen molar-refractivity contribution in [3.63, 3.8) is 0 Å². The predicted molar refractivity (Wildman–Crippen MR) is 94.1 cm³/mol. The van der Waals surface area contributed by atoms with E-state index >= 15 is 0 Å². The van der Waals surface area contributed by atoms with Crippen LogP contribution in [0.25, 0.3) is 0 Å². The zero-order valence-electron chi connectivity index (χ0n) is 14.0. The van der Waals surface area contributed by atoms with Gasteiger partial charge in [-0.25, -0.2) is 0 Å². The van der Waals surface area contributed by atoms with E-state index in [9.17, 15) is 18.0 Å². The third-order valence-corrected chi connectivity index (χ3v) is 4.27. The molecule has 0 unspecified atom stereocenters. The van der Waals surface area contributed by atoms with E-state index in [1.54, 1.807) is 31.4 Å². The number of anilines is 1. The van der Waals surface area contributed by atoms with Crippen molar-refractivity contribution >= 4 is 28.9 Å². The van der Waals surface area contributed by atoms with Crippen molar-refractivity contribution in [3.05, 3.63) is 58.6 Å². The van der Waals surface area contributed by atoms with Crippen LogP contribution in [0.3, 0.4) is 0 Å². The summed E-state index contributed by atoms with van der Waals surface area (Å²) in [6.07, 6.45) is -5.33. The number of carbonyl (C=O) groups is 1. The molecule has 0 spiro atoms. The third kappa shape index (κ3) is 4.33. The van der Waals surface area contributed by atoms with Gasteiger partial charge in [0.05, 0.1) is 29.1 Å². The summed E-state index contributed by atoms with van der Waals surface area (Å²) in [5.74, 6) is 0.0373. The van der Waals surface area contributed by atoms with Crippen molar-refractivity contribution in [2.75, 3.05) is 12.4 Å². The lowest BCUT2D eigenvalue weighted by Gasteiger charge is -2.13. The largest absolute Gasteiger partial charge is 0.497 e. The molecule has 1 amide bonds. The van der Waals surface area contributed by atoms with E-state index in [2.05, 4.69) is 10.5 Å². The highest BCUT2D eigenvalue weighted by atomic mass is 35.5. The maximum Gasteiger partial charge on any atom is 0.416 e. The third-order valence-electron chi connectivity index (χ3n) is 3.94. The number of nitrogens with one attached hydrogen (secondary N) is 1. The minimum absolute atomic E-state index is 0.00866. The highest BCUT2D eigenvalue weighted by Gasteiger charge is 2.32. The van der Waals surface area contributed by atoms with E-state index in [1.165, 1.54) is 0 Å². The molecule has 0 fully saturated rings. The van der Waals surface area contributed by atoms with Crippen molar-refractivity contribution in [1.82, 2.24) is 0 Å². The number of methoxy groups -OCH3 is 1. The Morgan fingerprint density at radius 1 is 1.26 bits per heavy atom. The van der Waals surface area contributed by atoms with E-state index < -0.39 is 23.8 Å². The van der Waals surface area contributed by atoms with E-state index in [0.29, 0.717) is 11.5 Å². The molecule has 1 aliphatic rings. The number of benzene rings is 2. The lowest BCUT2D eigenvalue weighted by atomic mass is 10.0. The highest BCUT2D eigenvalue weighted by molar-refractivity contribution is 6.33. The molecule has 1 aliphatic heterocycles. The zero-order valence-corrected chi connectivity index (χ0v) is 14.8. The Balaban J connectivity index is 1.68. The van der Waals surface area contributed by atoms with Crippen molar-refractivity contribution in [2.24, 2.45) is 5.16 Å². The predicted octanol–water partition coefficient (Wildman–Crippen LogP) is 4.50. The van der Waals surface area contributed by atoms with Gasteiger partial charge < -0.3 is 14.9 Å². The number of oxime groups is 1. The second-order valence-electron chi connectivity index (χ2n) is 5.75. The molecule has 1 atom stereocenters. The van der Waals surface area contributed by atoms with Gasteiger partial charge in [0.1, 0.15) is 5.75 Å². The Kier molecular flexibility index (Phi) is 5.27. The molecule has 0 saturated carbocycles. The Morgan fingerprint density at radius 2 is 1.96 bits per heavy atom. The first kappa shape index (κ1) is 19.0. The molecular formula is C18H14ClF3N2O3. The van der Waals surface area contributed by atoms with Crippen molar-refractivity contribution < 1.29 is 27.5 Å². The number of hydrogen-bond acceptors (Lipinski definition) is 4. The quantitative estimate of drug-likeness (QED) is 0.825. The number of halogens is 4. The van der Waals surface area contributed by atoms with Gasteiger partial charge in [-0.2, -0.15) is 13.2 Å². The molecule has 0 bridgehead atoms. The first-order chi connectivity index (χ1) is 12.8. The van der Waals surface area contributed by atoms with Gasteiger partial charge in [-0.1, -0.05) is 16.8 Å². The second kappa shape index (κ2) is 7.48. The fourth-order valence-electron chi connectivity index (χ4n) is 2.48. The molecular weight excluding hydrogens is 385 g/mol. The van der Waals surface area contributed by atoms with Gasteiger partial charge in [0.2, 0.25) is 6.10 Å². The molecule has 5 nitrogen and oxygen atoms in total. The van der Waals surface area contributed by atoms with Crippen LogP contribution in [0.1, 0.15) is 17.5 Å². The van der Waals surface area contributed by atoms with Crippen molar-refractivity contribution in [2.45, 2.75) is 18.7 Å². The van der Waals surface area contributed by atoms with Crippen molar-refractivity contribution in [1.29, 1.82) is 0 Å². The SMILES string of the molecule is COc1ccc(C2=NO[C@H](C(=O)Nc3cc(C(F)(F)F)ccc3Cl)C2)cc1. The summed E-state index contributed by atoms with van der Waals surface area (Å²) in [5.41, 5.74) is 0.249. The molecule has 0 aromatic heterocycles. The summed E-state index contributed by atoms with van der Waals surface area (Å²) >= 11 is 5.89. The number of amides is 1. The summed E-state index contributed by atoms with van der Waals surface area (Å²) in [6, 6.07) is 9.72. The fourth-order valence-corrected chi connectivity index (χ4v) is 2.65. The molecule has 2 aromatic carbocycles. The van der Waals surface area contributed by atoms with Gasteiger partial charge in [0, 0.05) is 6.42 Å². The maximum absolute atomic E-state index is 12.8. The first-order valence-electron chi connectivity index (χ1n) is 7.82. The van der Waals surface area contributed by atoms with Gasteiger partial charge in [0.15, 0.2) is 0 Å². The van der Waals surface area contributed by atoms with Crippen LogP contribution < -0.4 is 10.1 Å². The normalized spacial score (nSPS) is 16.5. The summed E-state index contributed by atoms with van der Waals surface area (Å²) < 4.78 is 43.5. The number of ether oxygens (including phenoxy) is 1. The van der Waals surface area contributed by atoms with Crippen LogP contribution in [-0.4, -0.2) is 24.8 Å². The van der Waals surface area contributed by atoms with Crippen LogP contribution in [0, 0.1) is 0 Å². The van der Waals surface area contributed by atoms with E-state index in [4.69, 9.17) is 21.2 Å². The average molecular weight is 399 g/mol. The van der Waals surface area contributed by atoms with E-state index in [0.717, 1.165) is 23.8 Å². The van der Waals surface area contributed by atoms with Gasteiger partial charge >= 0.3 is 6.18 Å². The van der Waals surface area contributed by atoms with Crippen LogP contribution in [0.4, 0.5) is 18.9 Å². The maximum atomic E-state index is 12.8. The van der Waals surface area contributed by atoms with Gasteiger partial charge in [-0.3, -0.25) is 4.79 Å². The number of hydrogen-bond donors (Lipinski definition) is 1. The van der Waals surface area contributed by atoms with Gasteiger partial charge in [0.25, 0.3) is 5.91 Å². The summed E-state index contributed by atoms with van der Waals surface area (Å²) in [4.78, 5) is 17.5. The molecule has 0 aliphatic carbocycles. The minimum Gasteiger partial charge on any atom is -0.497 e. The van der Waals surface area contributed by atoms with Crippen LogP contribution in [0.5, 0.6) is 5.75 Å². The topological polar surface area (TPSA) is 59.9 Å². The number of nitrogens with zero attached hydrogens (tertiary/aromatic N) is 1. The van der Waals surface area contributed by atoms with E-state index in [-0.39, 0.29) is 17.1 Å². The lowest BCUT2D eigenvalue weighted by Crippen LogP contribution is -2.28. The molecule has 1 heterocycles. The molecule has 0 saturated heterocycles. The van der Waals surface area contributed by atoms with Gasteiger partial charge in [-0.05, 0) is 48.0 Å². The Bertz CT molecular complexity index is 882. The van der Waals surface area contributed by atoms with Crippen molar-refractivity contribution in [3.8, 4) is 5.75 Å². The molecule has 1 N–H and O–H groups in total. The first-order valence-corrected chi connectivity index (χ1v) is 8.20. The fraction of sp³-hybridized carbons (Fsp3) is 0.222. The second-order valence-corrected chi connectivity index (χ2v) is 6.15. The molecule has 9 heteroatoms. The molecule has 2 aromatic rings.